The SMILES string of the molecule is CCc1ccc2[nH]nnc2c1C. The van der Waals surface area contributed by atoms with Gasteiger partial charge in [0.1, 0.15) is 5.52 Å². The molecule has 0 spiro atoms. The maximum atomic E-state index is 4.02. The molecule has 2 aromatic rings. The molecule has 1 N–H and O–H groups in total. The van der Waals surface area contributed by atoms with E-state index in [-0.39, 0.29) is 0 Å². The molecule has 2 rings (SSSR count). The Bertz CT molecular complexity index is 403. The minimum Gasteiger partial charge on any atom is -0.258 e. The third-order valence-electron chi connectivity index (χ3n) is 2.24. The zero-order valence-corrected chi connectivity index (χ0v) is 7.26. The van der Waals surface area contributed by atoms with E-state index in [1.54, 1.807) is 0 Å². The van der Waals surface area contributed by atoms with Crippen molar-refractivity contribution in [1.82, 2.24) is 15.4 Å². The van der Waals surface area contributed by atoms with Crippen LogP contribution in [0.3, 0.4) is 0 Å². The Morgan fingerprint density at radius 1 is 1.42 bits per heavy atom. The van der Waals surface area contributed by atoms with Crippen molar-refractivity contribution in [3.63, 3.8) is 0 Å². The highest BCUT2D eigenvalue weighted by Gasteiger charge is 2.03. The Morgan fingerprint density at radius 2 is 2.25 bits per heavy atom. The van der Waals surface area contributed by atoms with Gasteiger partial charge in [-0.3, -0.25) is 5.10 Å². The smallest absolute Gasteiger partial charge is 0.116 e. The van der Waals surface area contributed by atoms with Crippen LogP contribution >= 0.6 is 0 Å². The summed E-state index contributed by atoms with van der Waals surface area (Å²) in [5, 5.41) is 10.6. The third-order valence-corrected chi connectivity index (χ3v) is 2.24. The Kier molecular flexibility index (Phi) is 1.57. The molecule has 0 radical (unpaired) electrons. The number of hydrogen-bond acceptors (Lipinski definition) is 2. The van der Waals surface area contributed by atoms with Crippen molar-refractivity contribution < 1.29 is 0 Å². The second kappa shape index (κ2) is 2.59. The zero-order chi connectivity index (χ0) is 8.55. The fourth-order valence-electron chi connectivity index (χ4n) is 1.47. The van der Waals surface area contributed by atoms with E-state index in [9.17, 15) is 0 Å². The number of benzene rings is 1. The summed E-state index contributed by atoms with van der Waals surface area (Å²) in [7, 11) is 0. The van der Waals surface area contributed by atoms with E-state index >= 15 is 0 Å². The van der Waals surface area contributed by atoms with Crippen molar-refractivity contribution in [2.75, 3.05) is 0 Å². The molecule has 0 aliphatic carbocycles. The second-order valence-electron chi connectivity index (χ2n) is 2.91. The van der Waals surface area contributed by atoms with Crippen LogP contribution in [0, 0.1) is 6.92 Å². The van der Waals surface area contributed by atoms with Gasteiger partial charge in [-0.05, 0) is 30.5 Å². The first-order valence-electron chi connectivity index (χ1n) is 4.12. The Labute approximate surface area is 70.8 Å². The number of aromatic nitrogens is 3. The molecule has 0 saturated carbocycles. The number of H-pyrrole nitrogens is 1. The minimum atomic E-state index is 0.995. The van der Waals surface area contributed by atoms with Gasteiger partial charge in [0.15, 0.2) is 0 Å². The molecule has 1 heterocycles. The monoisotopic (exact) mass is 161 g/mol. The molecule has 1 aromatic carbocycles. The van der Waals surface area contributed by atoms with Crippen LogP contribution in [-0.2, 0) is 6.42 Å². The lowest BCUT2D eigenvalue weighted by Crippen LogP contribution is -1.87. The summed E-state index contributed by atoms with van der Waals surface area (Å²) >= 11 is 0. The summed E-state index contributed by atoms with van der Waals surface area (Å²) in [5.74, 6) is 0. The second-order valence-corrected chi connectivity index (χ2v) is 2.91. The maximum absolute atomic E-state index is 4.02. The van der Waals surface area contributed by atoms with Crippen LogP contribution in [0.1, 0.15) is 18.1 Å². The van der Waals surface area contributed by atoms with E-state index in [2.05, 4.69) is 35.3 Å². The zero-order valence-electron chi connectivity index (χ0n) is 7.26. The quantitative estimate of drug-likeness (QED) is 0.693. The molecule has 0 unspecified atom stereocenters. The lowest BCUT2D eigenvalue weighted by atomic mass is 10.1. The van der Waals surface area contributed by atoms with Crippen molar-refractivity contribution in [1.29, 1.82) is 0 Å². The predicted molar refractivity (Wildman–Crippen MR) is 48.0 cm³/mol. The van der Waals surface area contributed by atoms with Gasteiger partial charge >= 0.3 is 0 Å². The Hall–Kier alpha value is -1.38. The minimum absolute atomic E-state index is 0.995. The summed E-state index contributed by atoms with van der Waals surface area (Å²) in [6, 6.07) is 4.15. The van der Waals surface area contributed by atoms with Crippen molar-refractivity contribution in [2.24, 2.45) is 0 Å². The number of fused-ring (bicyclic) bond motifs is 1. The first-order valence-corrected chi connectivity index (χ1v) is 4.12. The average Bonchev–Trinajstić information content (AvgIpc) is 2.53. The Balaban J connectivity index is 2.78. The first kappa shape index (κ1) is 7.28. The molecule has 3 nitrogen and oxygen atoms in total. The standard InChI is InChI=1S/C9H11N3/c1-3-7-4-5-8-9(6(7)2)11-12-10-8/h4-5H,3H2,1-2H3,(H,10,11,12). The molecular formula is C9H11N3. The van der Waals surface area contributed by atoms with E-state index in [0.29, 0.717) is 0 Å². The molecule has 0 fully saturated rings. The highest BCUT2D eigenvalue weighted by Crippen LogP contribution is 2.17. The normalized spacial score (nSPS) is 10.8. The van der Waals surface area contributed by atoms with Crippen LogP contribution < -0.4 is 0 Å². The fourth-order valence-corrected chi connectivity index (χ4v) is 1.47. The van der Waals surface area contributed by atoms with E-state index in [1.165, 1.54) is 11.1 Å². The Morgan fingerprint density at radius 3 is 3.00 bits per heavy atom. The van der Waals surface area contributed by atoms with Crippen molar-refractivity contribution in [2.45, 2.75) is 20.3 Å². The van der Waals surface area contributed by atoms with Gasteiger partial charge < -0.3 is 0 Å². The summed E-state index contributed by atoms with van der Waals surface area (Å²) in [6.45, 7) is 4.23. The maximum Gasteiger partial charge on any atom is 0.116 e. The number of nitrogens with one attached hydrogen (secondary N) is 1. The molecule has 0 aliphatic rings. The number of aryl methyl sites for hydroxylation is 2. The van der Waals surface area contributed by atoms with Crippen molar-refractivity contribution in [3.8, 4) is 0 Å². The van der Waals surface area contributed by atoms with Crippen LogP contribution in [0.25, 0.3) is 11.0 Å². The largest absolute Gasteiger partial charge is 0.258 e. The number of nitrogens with zero attached hydrogens (tertiary/aromatic N) is 2. The van der Waals surface area contributed by atoms with Crippen LogP contribution in [0.4, 0.5) is 0 Å². The molecule has 0 amide bonds. The predicted octanol–water partition coefficient (Wildman–Crippen LogP) is 1.83. The average molecular weight is 161 g/mol. The van der Waals surface area contributed by atoms with E-state index in [0.717, 1.165) is 17.5 Å². The molecule has 3 heteroatoms. The number of aromatic amines is 1. The first-order chi connectivity index (χ1) is 5.83. The van der Waals surface area contributed by atoms with Crippen LogP contribution in [0.2, 0.25) is 0 Å². The van der Waals surface area contributed by atoms with Gasteiger partial charge in [0.25, 0.3) is 0 Å². The molecule has 0 atom stereocenters. The van der Waals surface area contributed by atoms with Gasteiger partial charge in [-0.1, -0.05) is 18.2 Å². The highest BCUT2D eigenvalue weighted by molar-refractivity contribution is 5.78. The fraction of sp³-hybridized carbons (Fsp3) is 0.333. The highest BCUT2D eigenvalue weighted by atomic mass is 15.3. The molecule has 0 bridgehead atoms. The molecule has 62 valence electrons. The molecule has 0 aliphatic heterocycles. The van der Waals surface area contributed by atoms with E-state index in [4.69, 9.17) is 0 Å². The summed E-state index contributed by atoms with van der Waals surface area (Å²) in [5.41, 5.74) is 4.60. The van der Waals surface area contributed by atoms with Gasteiger partial charge in [0.05, 0.1) is 5.52 Å². The van der Waals surface area contributed by atoms with Crippen LogP contribution in [0.15, 0.2) is 12.1 Å². The van der Waals surface area contributed by atoms with Gasteiger partial charge in [0, 0.05) is 0 Å². The molecule has 1 aromatic heterocycles. The third kappa shape index (κ3) is 0.897. The molecule has 0 saturated heterocycles. The van der Waals surface area contributed by atoms with Crippen LogP contribution in [-0.4, -0.2) is 15.4 Å². The molecular weight excluding hydrogens is 150 g/mol. The molecule has 12 heavy (non-hydrogen) atoms. The van der Waals surface area contributed by atoms with Crippen molar-refractivity contribution in [3.05, 3.63) is 23.3 Å². The van der Waals surface area contributed by atoms with Gasteiger partial charge in [-0.15, -0.1) is 5.10 Å². The van der Waals surface area contributed by atoms with Crippen LogP contribution in [0.5, 0.6) is 0 Å². The van der Waals surface area contributed by atoms with E-state index in [1.807, 2.05) is 6.07 Å². The van der Waals surface area contributed by atoms with Gasteiger partial charge in [-0.2, -0.15) is 0 Å². The van der Waals surface area contributed by atoms with Gasteiger partial charge in [0.2, 0.25) is 0 Å². The topological polar surface area (TPSA) is 41.6 Å². The summed E-state index contributed by atoms with van der Waals surface area (Å²) in [4.78, 5) is 0. The summed E-state index contributed by atoms with van der Waals surface area (Å²) < 4.78 is 0. The van der Waals surface area contributed by atoms with Crippen molar-refractivity contribution >= 4 is 11.0 Å². The summed E-state index contributed by atoms with van der Waals surface area (Å²) in [6.07, 6.45) is 1.05. The van der Waals surface area contributed by atoms with Gasteiger partial charge in [-0.25, -0.2) is 0 Å². The number of rotatable bonds is 1. The number of hydrogen-bond donors (Lipinski definition) is 1. The lowest BCUT2D eigenvalue weighted by molar-refractivity contribution is 0.958. The van der Waals surface area contributed by atoms with E-state index < -0.39 is 0 Å². The lowest BCUT2D eigenvalue weighted by Gasteiger charge is -2.00.